The monoisotopic (exact) mass is 592 g/mol. The van der Waals surface area contributed by atoms with Gasteiger partial charge in [0.05, 0.1) is 42.7 Å². The molecule has 0 saturated carbocycles. The van der Waals surface area contributed by atoms with Crippen LogP contribution in [0.15, 0.2) is 47.3 Å². The predicted octanol–water partition coefficient (Wildman–Crippen LogP) is 6.57. The molecule has 0 amide bonds. The first-order valence-corrected chi connectivity index (χ1v) is 16.2. The highest BCUT2D eigenvalue weighted by atomic mass is 35.5. The second-order valence-corrected chi connectivity index (χ2v) is 13.8. The van der Waals surface area contributed by atoms with Gasteiger partial charge >= 0.3 is 20.1 Å². The molecular weight excluding hydrogens is 562 g/mol. The molecule has 0 radical (unpaired) electrons. The van der Waals surface area contributed by atoms with E-state index in [4.69, 9.17) is 29.7 Å². The zero-order valence-corrected chi connectivity index (χ0v) is 24.3. The fraction of sp³-hybridized carbons (Fsp3) is 0.435. The van der Waals surface area contributed by atoms with Gasteiger partial charge in [-0.25, -0.2) is 4.68 Å². The Labute approximate surface area is 224 Å². The van der Waals surface area contributed by atoms with Gasteiger partial charge < -0.3 is 28.6 Å². The van der Waals surface area contributed by atoms with E-state index in [0.29, 0.717) is 20.8 Å². The summed E-state index contributed by atoms with van der Waals surface area (Å²) < 4.78 is 53.2. The Morgan fingerprint density at radius 2 is 1.43 bits per heavy atom. The van der Waals surface area contributed by atoms with Crippen molar-refractivity contribution in [2.75, 3.05) is 31.9 Å². The van der Waals surface area contributed by atoms with Gasteiger partial charge in [-0.3, -0.25) is 13.9 Å². The highest BCUT2D eigenvalue weighted by Gasteiger charge is 2.56. The number of phenols is 1. The molecule has 3 rings (SSSR count). The van der Waals surface area contributed by atoms with Crippen molar-refractivity contribution in [2.24, 2.45) is 0 Å². The molecule has 1 heterocycles. The number of aromatic hydroxyl groups is 1. The second-order valence-electron chi connectivity index (χ2n) is 7.68. The van der Waals surface area contributed by atoms with Crippen molar-refractivity contribution in [3.63, 3.8) is 0 Å². The Morgan fingerprint density at radius 3 is 1.92 bits per heavy atom. The number of phenolic OH excluding ortho intramolecular Hbond substituents is 1. The van der Waals surface area contributed by atoms with Crippen LogP contribution in [0.2, 0.25) is 5.02 Å². The van der Waals surface area contributed by atoms with Gasteiger partial charge in [0.15, 0.2) is 5.40 Å². The molecule has 0 aliphatic heterocycles. The average Bonchev–Trinajstić information content (AvgIpc) is 3.14. The number of hydrogen-bond donors (Lipinski definition) is 2. The van der Waals surface area contributed by atoms with Crippen LogP contribution in [-0.4, -0.2) is 41.6 Å². The fourth-order valence-electron chi connectivity index (χ4n) is 3.89. The van der Waals surface area contributed by atoms with Crippen molar-refractivity contribution < 1.29 is 32.3 Å². The Hall–Kier alpha value is -1.68. The molecule has 0 fully saturated rings. The lowest BCUT2D eigenvalue weighted by Crippen LogP contribution is -2.36. The number of hydrogen-bond acceptors (Lipinski definition) is 10. The van der Waals surface area contributed by atoms with E-state index in [1.165, 1.54) is 16.8 Å². The van der Waals surface area contributed by atoms with E-state index >= 15 is 0 Å². The first kappa shape index (κ1) is 29.9. The van der Waals surface area contributed by atoms with Gasteiger partial charge in [-0.1, -0.05) is 35.1 Å². The van der Waals surface area contributed by atoms with Crippen molar-refractivity contribution >= 4 is 48.3 Å². The highest BCUT2D eigenvalue weighted by Crippen LogP contribution is 2.73. The predicted molar refractivity (Wildman–Crippen MR) is 147 cm³/mol. The minimum atomic E-state index is -4.22. The van der Waals surface area contributed by atoms with Gasteiger partial charge in [0.2, 0.25) is 0 Å². The lowest BCUT2D eigenvalue weighted by Gasteiger charge is -2.37. The summed E-state index contributed by atoms with van der Waals surface area (Å²) in [6, 6.07) is 9.89. The maximum absolute atomic E-state index is 14.4. The summed E-state index contributed by atoms with van der Waals surface area (Å²) in [4.78, 5) is 12.6. The van der Waals surface area contributed by atoms with Crippen molar-refractivity contribution in [3.05, 3.63) is 62.7 Å². The number of thiazole rings is 1. The molecule has 0 bridgehead atoms. The topological polar surface area (TPSA) is 125 Å². The van der Waals surface area contributed by atoms with Gasteiger partial charge in [-0.15, -0.1) is 0 Å². The van der Waals surface area contributed by atoms with Crippen LogP contribution in [-0.2, 0) is 27.2 Å². The molecule has 0 aliphatic carbocycles. The van der Waals surface area contributed by atoms with Crippen molar-refractivity contribution in [3.8, 4) is 5.75 Å². The minimum absolute atomic E-state index is 0.00539. The van der Waals surface area contributed by atoms with Gasteiger partial charge in [-0.05, 0) is 57.5 Å². The summed E-state index contributed by atoms with van der Waals surface area (Å²) in [6.07, 6.45) is 0. The third kappa shape index (κ3) is 6.67. The molecule has 2 aromatic carbocycles. The molecule has 1 atom stereocenters. The Kier molecular flexibility index (Phi) is 10.4. The number of benzene rings is 2. The second kappa shape index (κ2) is 12.9. The summed E-state index contributed by atoms with van der Waals surface area (Å²) >= 11 is 7.07. The summed E-state index contributed by atoms with van der Waals surface area (Å²) in [7, 11) is -8.43. The normalized spacial score (nSPS) is 13.4. The number of halogens is 1. The number of aromatic nitrogens is 1. The lowest BCUT2D eigenvalue weighted by molar-refractivity contribution is 0.191. The maximum Gasteiger partial charge on any atom is 0.348 e. The van der Waals surface area contributed by atoms with E-state index in [1.807, 2.05) is 0 Å². The molecule has 0 spiro atoms. The van der Waals surface area contributed by atoms with Crippen LogP contribution < -0.4 is 10.3 Å². The molecule has 1 unspecified atom stereocenters. The molecule has 0 saturated heterocycles. The molecule has 0 aliphatic rings. The van der Waals surface area contributed by atoms with Gasteiger partial charge in [0, 0.05) is 11.1 Å². The van der Waals surface area contributed by atoms with Crippen LogP contribution in [0.1, 0.15) is 39.3 Å². The Balaban J connectivity index is 2.33. The van der Waals surface area contributed by atoms with Crippen LogP contribution in [0, 0.1) is 0 Å². The summed E-state index contributed by atoms with van der Waals surface area (Å²) in [6.45, 7) is 6.53. The first-order valence-electron chi connectivity index (χ1n) is 11.8. The first-order chi connectivity index (χ1) is 17.6. The summed E-state index contributed by atoms with van der Waals surface area (Å²) in [5, 5.41) is 9.00. The fourth-order valence-corrected chi connectivity index (χ4v) is 10.4. The number of fused-ring (bicyclic) bond motifs is 1. The largest absolute Gasteiger partial charge is 0.508 e. The van der Waals surface area contributed by atoms with Crippen molar-refractivity contribution in [1.82, 2.24) is 4.68 Å². The van der Waals surface area contributed by atoms with Crippen LogP contribution in [0.25, 0.3) is 10.2 Å². The van der Waals surface area contributed by atoms with Crippen molar-refractivity contribution in [1.29, 1.82) is 0 Å². The number of rotatable bonds is 14. The van der Waals surface area contributed by atoms with Gasteiger partial charge in [-0.2, -0.15) is 0 Å². The van der Waals surface area contributed by atoms with E-state index in [2.05, 4.69) is 5.43 Å². The maximum atomic E-state index is 14.4. The summed E-state index contributed by atoms with van der Waals surface area (Å²) in [5.74, 6) is -0.0518. The standard InChI is InChI=1S/C23H31ClN2O8P2S/c1-5-31-35(29,32-6-2)22(36(30,33-7-3)34-8-4)21(16-9-11-17(24)12-10-16)25-26-19-15-18(27)13-14-20(19)37-23(26)28/h9-15,21-22,25,27H,5-8H2,1-4H3. The smallest absolute Gasteiger partial charge is 0.348 e. The van der Waals surface area contributed by atoms with Crippen LogP contribution in [0.5, 0.6) is 5.75 Å². The van der Waals surface area contributed by atoms with Crippen molar-refractivity contribution in [2.45, 2.75) is 39.1 Å². The Bertz CT molecular complexity index is 1300. The van der Waals surface area contributed by atoms with E-state index < -0.39 is 31.5 Å². The molecule has 37 heavy (non-hydrogen) atoms. The minimum Gasteiger partial charge on any atom is -0.508 e. The highest BCUT2D eigenvalue weighted by molar-refractivity contribution is 7.72. The molecule has 1 aromatic heterocycles. The van der Waals surface area contributed by atoms with Crippen LogP contribution in [0.3, 0.4) is 0 Å². The number of nitrogens with one attached hydrogen (secondary N) is 1. The van der Waals surface area contributed by atoms with Gasteiger partial charge in [0.1, 0.15) is 5.75 Å². The van der Waals surface area contributed by atoms with Gasteiger partial charge in [0.25, 0.3) is 0 Å². The molecular formula is C23H31ClN2O8P2S. The van der Waals surface area contributed by atoms with E-state index in [0.717, 1.165) is 11.3 Å². The Morgan fingerprint density at radius 1 is 0.919 bits per heavy atom. The summed E-state index contributed by atoms with van der Waals surface area (Å²) in [5.41, 5.74) is 3.92. The molecule has 10 nitrogen and oxygen atoms in total. The van der Waals surface area contributed by atoms with E-state index in [9.17, 15) is 19.0 Å². The van der Waals surface area contributed by atoms with Crippen LogP contribution in [0.4, 0.5) is 0 Å². The molecule has 3 aromatic rings. The third-order valence-corrected chi connectivity index (χ3v) is 12.5. The zero-order valence-electron chi connectivity index (χ0n) is 21.0. The molecule has 14 heteroatoms. The zero-order chi connectivity index (χ0) is 27.2. The van der Waals surface area contributed by atoms with E-state index in [-0.39, 0.29) is 32.2 Å². The van der Waals surface area contributed by atoms with E-state index in [1.54, 1.807) is 58.0 Å². The molecule has 204 valence electrons. The quantitative estimate of drug-likeness (QED) is 0.200. The van der Waals surface area contributed by atoms with Crippen LogP contribution >= 0.6 is 38.1 Å². The number of nitrogens with zero attached hydrogens (tertiary/aromatic N) is 1. The SMILES string of the molecule is CCOP(=O)(OCC)C(C(Nn1c(=O)sc2ccc(O)cc21)c1ccc(Cl)cc1)P(=O)(OCC)OCC. The lowest BCUT2D eigenvalue weighted by atomic mass is 10.1. The average molecular weight is 593 g/mol. The molecule has 2 N–H and O–H groups in total. The third-order valence-electron chi connectivity index (χ3n) is 5.24.